The van der Waals surface area contributed by atoms with Crippen LogP contribution in [0.15, 0.2) is 66.8 Å². The van der Waals surface area contributed by atoms with Crippen LogP contribution in [-0.4, -0.2) is 69.7 Å². The number of quaternary nitrogens is 1. The molecule has 0 radical (unpaired) electrons. The second-order valence-corrected chi connectivity index (χ2v) is 8.48. The highest BCUT2D eigenvalue weighted by Gasteiger charge is 2.44. The van der Waals surface area contributed by atoms with Crippen LogP contribution in [0.2, 0.25) is 0 Å². The zero-order valence-corrected chi connectivity index (χ0v) is 19.8. The number of benzene rings is 2. The van der Waals surface area contributed by atoms with Crippen LogP contribution in [0.3, 0.4) is 0 Å². The Balaban J connectivity index is 1.69. The molecule has 1 N–H and O–H groups in total. The first-order chi connectivity index (χ1) is 17.0. The Bertz CT molecular complexity index is 1090. The van der Waals surface area contributed by atoms with Crippen molar-refractivity contribution in [3.63, 3.8) is 0 Å². The van der Waals surface area contributed by atoms with Gasteiger partial charge < -0.3 is 29.1 Å². The van der Waals surface area contributed by atoms with Crippen molar-refractivity contribution in [2.24, 2.45) is 0 Å². The number of nitrogens with one attached hydrogen (secondary N) is 1. The van der Waals surface area contributed by atoms with Gasteiger partial charge in [0.2, 0.25) is 5.78 Å². The molecule has 2 fully saturated rings. The SMILES string of the molecule is C=CCOc1ccc(/C([O-])=C2\C(=O)C(=O)N(CC[NH+]3CCOCC3)C2c2ccc(OC)cc2)cc1. The minimum absolute atomic E-state index is 0.0306. The van der Waals surface area contributed by atoms with Gasteiger partial charge in [0, 0.05) is 5.57 Å². The predicted molar refractivity (Wildman–Crippen MR) is 128 cm³/mol. The predicted octanol–water partition coefficient (Wildman–Crippen LogP) is 0.399. The summed E-state index contributed by atoms with van der Waals surface area (Å²) in [5.74, 6) is -0.619. The van der Waals surface area contributed by atoms with Crippen molar-refractivity contribution < 1.29 is 33.8 Å². The molecule has 1 atom stereocenters. The number of nitrogens with zero attached hydrogens (tertiary/aromatic N) is 1. The topological polar surface area (TPSA) is 92.6 Å². The number of hydrogen-bond acceptors (Lipinski definition) is 6. The van der Waals surface area contributed by atoms with Crippen LogP contribution in [0.1, 0.15) is 17.2 Å². The molecular weight excluding hydrogens is 448 g/mol. The van der Waals surface area contributed by atoms with E-state index < -0.39 is 23.5 Å². The van der Waals surface area contributed by atoms with Crippen molar-refractivity contribution in [1.82, 2.24) is 4.90 Å². The number of likely N-dealkylation sites (tertiary alicyclic amines) is 1. The van der Waals surface area contributed by atoms with Crippen molar-refractivity contribution in [2.45, 2.75) is 6.04 Å². The average molecular weight is 479 g/mol. The third kappa shape index (κ3) is 5.39. The first-order valence-corrected chi connectivity index (χ1v) is 11.7. The van der Waals surface area contributed by atoms with E-state index in [2.05, 4.69) is 6.58 Å². The summed E-state index contributed by atoms with van der Waals surface area (Å²) in [5, 5.41) is 13.5. The first kappa shape index (κ1) is 24.5. The van der Waals surface area contributed by atoms with Crippen LogP contribution in [0.4, 0.5) is 0 Å². The Hall–Kier alpha value is -3.62. The highest BCUT2D eigenvalue weighted by atomic mass is 16.5. The maximum atomic E-state index is 13.5. The molecule has 0 aromatic heterocycles. The van der Waals surface area contributed by atoms with Gasteiger partial charge in [0.1, 0.15) is 31.2 Å². The lowest BCUT2D eigenvalue weighted by Crippen LogP contribution is -3.14. The van der Waals surface area contributed by atoms with E-state index in [1.807, 2.05) is 0 Å². The van der Waals surface area contributed by atoms with E-state index in [9.17, 15) is 14.7 Å². The van der Waals surface area contributed by atoms with Crippen molar-refractivity contribution in [3.05, 3.63) is 77.9 Å². The molecule has 0 aliphatic carbocycles. The van der Waals surface area contributed by atoms with Gasteiger partial charge in [-0.05, 0) is 35.4 Å². The van der Waals surface area contributed by atoms with Crippen LogP contribution in [0.5, 0.6) is 11.5 Å². The lowest BCUT2D eigenvalue weighted by Gasteiger charge is -2.30. The molecule has 184 valence electrons. The van der Waals surface area contributed by atoms with E-state index >= 15 is 0 Å². The molecule has 4 rings (SSSR count). The maximum Gasteiger partial charge on any atom is 0.295 e. The molecule has 2 aliphatic rings. The lowest BCUT2D eigenvalue weighted by molar-refractivity contribution is -0.907. The molecule has 8 heteroatoms. The monoisotopic (exact) mass is 478 g/mol. The third-order valence-electron chi connectivity index (χ3n) is 6.35. The van der Waals surface area contributed by atoms with E-state index in [0.717, 1.165) is 13.1 Å². The van der Waals surface area contributed by atoms with Gasteiger partial charge in [0.15, 0.2) is 0 Å². The average Bonchev–Trinajstić information content (AvgIpc) is 3.16. The Labute approximate surface area is 205 Å². The normalized spacial score (nSPS) is 20.1. The van der Waals surface area contributed by atoms with E-state index in [-0.39, 0.29) is 5.57 Å². The summed E-state index contributed by atoms with van der Waals surface area (Å²) in [6.07, 6.45) is 1.63. The zero-order chi connectivity index (χ0) is 24.8. The zero-order valence-electron chi connectivity index (χ0n) is 19.8. The van der Waals surface area contributed by atoms with Crippen LogP contribution in [-0.2, 0) is 14.3 Å². The summed E-state index contributed by atoms with van der Waals surface area (Å²) >= 11 is 0. The van der Waals surface area contributed by atoms with Gasteiger partial charge in [-0.25, -0.2) is 0 Å². The second-order valence-electron chi connectivity index (χ2n) is 8.48. The summed E-state index contributed by atoms with van der Waals surface area (Å²) in [6.45, 7) is 8.04. The minimum atomic E-state index is -0.759. The van der Waals surface area contributed by atoms with Crippen molar-refractivity contribution >= 4 is 17.4 Å². The Morgan fingerprint density at radius 3 is 2.40 bits per heavy atom. The Morgan fingerprint density at radius 2 is 1.77 bits per heavy atom. The fraction of sp³-hybridized carbons (Fsp3) is 0.333. The smallest absolute Gasteiger partial charge is 0.295 e. The largest absolute Gasteiger partial charge is 0.872 e. The van der Waals surface area contributed by atoms with Crippen molar-refractivity contribution in [3.8, 4) is 11.5 Å². The van der Waals surface area contributed by atoms with Gasteiger partial charge in [0.25, 0.3) is 5.91 Å². The van der Waals surface area contributed by atoms with Gasteiger partial charge >= 0.3 is 0 Å². The molecule has 2 saturated heterocycles. The third-order valence-corrected chi connectivity index (χ3v) is 6.35. The maximum absolute atomic E-state index is 13.5. The lowest BCUT2D eigenvalue weighted by atomic mass is 9.95. The van der Waals surface area contributed by atoms with Gasteiger partial charge in [-0.15, -0.1) is 0 Å². The molecule has 2 aromatic rings. The van der Waals surface area contributed by atoms with Gasteiger partial charge in [-0.3, -0.25) is 9.59 Å². The summed E-state index contributed by atoms with van der Waals surface area (Å²) in [5.41, 5.74) is 0.986. The molecular formula is C27H30N2O6. The minimum Gasteiger partial charge on any atom is -0.872 e. The number of amides is 1. The standard InChI is InChI=1S/C27H30N2O6/c1-3-16-35-22-10-6-20(7-11-22)25(30)23-24(19-4-8-21(33-2)9-5-19)29(27(32)26(23)31)13-12-28-14-17-34-18-15-28/h3-11,24,30H,1,12-18H2,2H3/b25-23+. The number of hydrogen-bond donors (Lipinski definition) is 1. The molecule has 1 amide bonds. The molecule has 1 unspecified atom stereocenters. The number of carbonyl (C=O) groups is 2. The van der Waals surface area contributed by atoms with Crippen LogP contribution < -0.4 is 19.5 Å². The van der Waals surface area contributed by atoms with Crippen molar-refractivity contribution in [2.75, 3.05) is 53.1 Å². The van der Waals surface area contributed by atoms with Crippen LogP contribution in [0, 0.1) is 0 Å². The van der Waals surface area contributed by atoms with Gasteiger partial charge in [-0.2, -0.15) is 0 Å². The van der Waals surface area contributed by atoms with Gasteiger partial charge in [0.05, 0.1) is 39.5 Å². The number of ether oxygens (including phenoxy) is 3. The van der Waals surface area contributed by atoms with Gasteiger partial charge in [-0.1, -0.05) is 42.7 Å². The van der Waals surface area contributed by atoms with Crippen LogP contribution in [0.25, 0.3) is 5.76 Å². The number of rotatable bonds is 9. The summed E-state index contributed by atoms with van der Waals surface area (Å²) in [6, 6.07) is 12.9. The quantitative estimate of drug-likeness (QED) is 0.243. The molecule has 0 spiro atoms. The molecule has 2 aromatic carbocycles. The van der Waals surface area contributed by atoms with Crippen LogP contribution >= 0.6 is 0 Å². The van der Waals surface area contributed by atoms with E-state index in [1.165, 1.54) is 9.80 Å². The number of carbonyl (C=O) groups excluding carboxylic acids is 2. The number of Topliss-reactive ketones (excluding diaryl/α,β-unsaturated/α-hetero) is 1. The summed E-state index contributed by atoms with van der Waals surface area (Å²) in [7, 11) is 1.57. The van der Waals surface area contributed by atoms with Crippen molar-refractivity contribution in [1.29, 1.82) is 0 Å². The number of ketones is 1. The summed E-state index contributed by atoms with van der Waals surface area (Å²) in [4.78, 5) is 29.1. The highest BCUT2D eigenvalue weighted by Crippen LogP contribution is 2.39. The van der Waals surface area contributed by atoms with E-state index in [0.29, 0.717) is 55.5 Å². The summed E-state index contributed by atoms with van der Waals surface area (Å²) < 4.78 is 16.2. The molecule has 0 bridgehead atoms. The Morgan fingerprint density at radius 1 is 1.11 bits per heavy atom. The molecule has 0 saturated carbocycles. The fourth-order valence-corrected chi connectivity index (χ4v) is 4.44. The Kier molecular flexibility index (Phi) is 7.84. The van der Waals surface area contributed by atoms with E-state index in [1.54, 1.807) is 61.7 Å². The van der Waals surface area contributed by atoms with E-state index in [4.69, 9.17) is 14.2 Å². The molecule has 2 aliphatic heterocycles. The molecule has 2 heterocycles. The number of morpholine rings is 1. The second kappa shape index (κ2) is 11.2. The fourth-order valence-electron chi connectivity index (χ4n) is 4.44. The number of methoxy groups -OCH3 is 1. The first-order valence-electron chi connectivity index (χ1n) is 11.7. The highest BCUT2D eigenvalue weighted by molar-refractivity contribution is 6.46. The molecule has 8 nitrogen and oxygen atoms in total. The molecule has 35 heavy (non-hydrogen) atoms.